The lowest BCUT2D eigenvalue weighted by atomic mass is 10.1. The van der Waals surface area contributed by atoms with Gasteiger partial charge in [-0.05, 0) is 19.4 Å². The molecule has 23 heavy (non-hydrogen) atoms. The van der Waals surface area contributed by atoms with Crippen LogP contribution in [0.1, 0.15) is 19.4 Å². The number of esters is 1. The maximum atomic E-state index is 11.9. The van der Waals surface area contributed by atoms with E-state index in [4.69, 9.17) is 4.74 Å². The molecule has 0 fully saturated rings. The van der Waals surface area contributed by atoms with E-state index in [2.05, 4.69) is 15.3 Å². The van der Waals surface area contributed by atoms with Crippen LogP contribution in [-0.4, -0.2) is 22.0 Å². The Labute approximate surface area is 132 Å². The van der Waals surface area contributed by atoms with Gasteiger partial charge in [-0.25, -0.2) is 9.59 Å². The van der Waals surface area contributed by atoms with Crippen LogP contribution in [0.15, 0.2) is 52.2 Å². The second-order valence-corrected chi connectivity index (χ2v) is 5.02. The molecule has 0 amide bonds. The third-order valence-electron chi connectivity index (χ3n) is 2.79. The summed E-state index contributed by atoms with van der Waals surface area (Å²) in [4.78, 5) is 39.2. The fourth-order valence-corrected chi connectivity index (χ4v) is 1.84. The van der Waals surface area contributed by atoms with Crippen molar-refractivity contribution in [3.63, 3.8) is 0 Å². The summed E-state index contributed by atoms with van der Waals surface area (Å²) in [6.07, 6.45) is 2.25. The van der Waals surface area contributed by atoms with E-state index in [9.17, 15) is 14.4 Å². The molecule has 0 saturated carbocycles. The van der Waals surface area contributed by atoms with E-state index in [1.807, 2.05) is 6.07 Å². The summed E-state index contributed by atoms with van der Waals surface area (Å²) in [5, 5.41) is 2.84. The summed E-state index contributed by atoms with van der Waals surface area (Å²) in [5.41, 5.74) is -0.0116. The molecule has 0 aliphatic carbocycles. The third-order valence-corrected chi connectivity index (χ3v) is 2.79. The van der Waals surface area contributed by atoms with Gasteiger partial charge < -0.3 is 15.0 Å². The van der Waals surface area contributed by atoms with Gasteiger partial charge in [-0.3, -0.25) is 9.78 Å². The van der Waals surface area contributed by atoms with Crippen molar-refractivity contribution in [2.24, 2.45) is 0 Å². The minimum atomic E-state index is -0.606. The number of anilines is 1. The molecule has 2 aromatic rings. The molecular weight excluding hydrogens is 298 g/mol. The predicted molar refractivity (Wildman–Crippen MR) is 87.0 cm³/mol. The number of hydrogen-bond donors (Lipinski definition) is 3. The maximum absolute atomic E-state index is 11.9. The normalized spacial score (nSPS) is 11.3. The zero-order valence-corrected chi connectivity index (χ0v) is 12.8. The van der Waals surface area contributed by atoms with Crippen molar-refractivity contribution in [3.8, 4) is 0 Å². The van der Waals surface area contributed by atoms with Crippen molar-refractivity contribution >= 4 is 17.4 Å². The van der Waals surface area contributed by atoms with Crippen molar-refractivity contribution < 1.29 is 9.53 Å². The molecule has 0 saturated heterocycles. The van der Waals surface area contributed by atoms with Crippen LogP contribution >= 0.6 is 0 Å². The molecule has 1 aromatic heterocycles. The van der Waals surface area contributed by atoms with Gasteiger partial charge in [-0.2, -0.15) is 0 Å². The summed E-state index contributed by atoms with van der Waals surface area (Å²) in [7, 11) is 0. The second-order valence-electron chi connectivity index (χ2n) is 5.02. The predicted octanol–water partition coefficient (Wildman–Crippen LogP) is 1.47. The molecule has 3 N–H and O–H groups in total. The molecule has 120 valence electrons. The van der Waals surface area contributed by atoms with Gasteiger partial charge in [0, 0.05) is 12.3 Å². The SMILES string of the molecule is CC(C)OC(=O)/C=C(/Nc1c[nH]c(=O)[nH]c1=O)c1ccccc1. The Morgan fingerprint density at radius 2 is 1.91 bits per heavy atom. The van der Waals surface area contributed by atoms with Crippen LogP contribution in [0.2, 0.25) is 0 Å². The lowest BCUT2D eigenvalue weighted by Crippen LogP contribution is -2.24. The molecule has 0 aliphatic heterocycles. The quantitative estimate of drug-likeness (QED) is 0.572. The van der Waals surface area contributed by atoms with E-state index in [-0.39, 0.29) is 11.8 Å². The van der Waals surface area contributed by atoms with Crippen LogP contribution < -0.4 is 16.6 Å². The first-order valence-electron chi connectivity index (χ1n) is 7.02. The number of benzene rings is 1. The Morgan fingerprint density at radius 1 is 1.22 bits per heavy atom. The van der Waals surface area contributed by atoms with Crippen molar-refractivity contribution in [1.82, 2.24) is 9.97 Å². The molecule has 2 rings (SSSR count). The highest BCUT2D eigenvalue weighted by molar-refractivity contribution is 5.94. The Morgan fingerprint density at radius 3 is 2.52 bits per heavy atom. The number of aromatic nitrogens is 2. The molecule has 7 nitrogen and oxygen atoms in total. The number of rotatable bonds is 5. The van der Waals surface area contributed by atoms with Crippen LogP contribution in [-0.2, 0) is 9.53 Å². The minimum absolute atomic E-state index is 0.108. The molecule has 1 heterocycles. The van der Waals surface area contributed by atoms with Crippen molar-refractivity contribution in [3.05, 3.63) is 69.0 Å². The van der Waals surface area contributed by atoms with Gasteiger partial charge in [0.2, 0.25) is 0 Å². The van der Waals surface area contributed by atoms with Crippen molar-refractivity contribution in [2.75, 3.05) is 5.32 Å². The van der Waals surface area contributed by atoms with Crippen molar-refractivity contribution in [2.45, 2.75) is 20.0 Å². The Balaban J connectivity index is 2.38. The van der Waals surface area contributed by atoms with E-state index < -0.39 is 17.2 Å². The Kier molecular flexibility index (Phi) is 5.14. The zero-order chi connectivity index (χ0) is 16.8. The van der Waals surface area contributed by atoms with Crippen LogP contribution in [0, 0.1) is 0 Å². The van der Waals surface area contributed by atoms with E-state index in [0.29, 0.717) is 11.3 Å². The summed E-state index contributed by atoms with van der Waals surface area (Å²) in [6, 6.07) is 8.99. The van der Waals surface area contributed by atoms with Gasteiger partial charge in [-0.1, -0.05) is 30.3 Å². The fraction of sp³-hybridized carbons (Fsp3) is 0.188. The number of H-pyrrole nitrogens is 2. The number of carbonyl (C=O) groups excluding carboxylic acids is 1. The van der Waals surface area contributed by atoms with E-state index >= 15 is 0 Å². The van der Waals surface area contributed by atoms with Gasteiger partial charge in [0.05, 0.1) is 11.8 Å². The standard InChI is InChI=1S/C16H17N3O4/c1-10(2)23-14(20)8-12(11-6-4-3-5-7-11)18-13-9-17-16(22)19-15(13)21/h3-10,18H,1-2H3,(H2,17,19,21,22)/b12-8+. The third kappa shape index (κ3) is 4.70. The van der Waals surface area contributed by atoms with Crippen molar-refractivity contribution in [1.29, 1.82) is 0 Å². The zero-order valence-electron chi connectivity index (χ0n) is 12.8. The molecule has 0 radical (unpaired) electrons. The molecule has 0 atom stereocenters. The molecule has 7 heteroatoms. The first-order chi connectivity index (χ1) is 11.0. The number of carbonyl (C=O) groups is 1. The first kappa shape index (κ1) is 16.3. The summed E-state index contributed by atoms with van der Waals surface area (Å²) in [5.74, 6) is -0.535. The van der Waals surface area contributed by atoms with Gasteiger partial charge >= 0.3 is 11.7 Å². The maximum Gasteiger partial charge on any atom is 0.333 e. The van der Waals surface area contributed by atoms with Gasteiger partial charge in [0.1, 0.15) is 5.69 Å². The van der Waals surface area contributed by atoms with Gasteiger partial charge in [-0.15, -0.1) is 0 Å². The lowest BCUT2D eigenvalue weighted by Gasteiger charge is -2.11. The van der Waals surface area contributed by atoms with Gasteiger partial charge in [0.25, 0.3) is 5.56 Å². The number of aromatic amines is 2. The van der Waals surface area contributed by atoms with E-state index in [1.54, 1.807) is 38.1 Å². The van der Waals surface area contributed by atoms with E-state index in [0.717, 1.165) is 0 Å². The molecule has 0 unspecified atom stereocenters. The summed E-state index contributed by atoms with van der Waals surface area (Å²) >= 11 is 0. The average Bonchev–Trinajstić information content (AvgIpc) is 2.49. The minimum Gasteiger partial charge on any atom is -0.460 e. The fourth-order valence-electron chi connectivity index (χ4n) is 1.84. The average molecular weight is 315 g/mol. The number of hydrogen-bond acceptors (Lipinski definition) is 5. The summed E-state index contributed by atoms with van der Waals surface area (Å²) < 4.78 is 5.09. The van der Waals surface area contributed by atoms with Crippen LogP contribution in [0.5, 0.6) is 0 Å². The highest BCUT2D eigenvalue weighted by Crippen LogP contribution is 2.16. The van der Waals surface area contributed by atoms with E-state index in [1.165, 1.54) is 12.3 Å². The largest absolute Gasteiger partial charge is 0.460 e. The number of nitrogens with one attached hydrogen (secondary N) is 3. The summed E-state index contributed by atoms with van der Waals surface area (Å²) in [6.45, 7) is 3.49. The molecule has 0 spiro atoms. The lowest BCUT2D eigenvalue weighted by molar-refractivity contribution is -0.141. The molecule has 0 aliphatic rings. The molecular formula is C16H17N3O4. The monoisotopic (exact) mass is 315 g/mol. The highest BCUT2D eigenvalue weighted by Gasteiger charge is 2.10. The van der Waals surface area contributed by atoms with Gasteiger partial charge in [0.15, 0.2) is 0 Å². The molecule has 0 bridgehead atoms. The Hall–Kier alpha value is -3.09. The highest BCUT2D eigenvalue weighted by atomic mass is 16.5. The first-order valence-corrected chi connectivity index (χ1v) is 7.02. The molecule has 1 aromatic carbocycles. The number of ether oxygens (including phenoxy) is 1. The van der Waals surface area contributed by atoms with Crippen LogP contribution in [0.3, 0.4) is 0 Å². The second kappa shape index (κ2) is 7.26. The Bertz CT molecular complexity index is 819. The smallest absolute Gasteiger partial charge is 0.333 e. The van der Waals surface area contributed by atoms with Crippen LogP contribution in [0.25, 0.3) is 5.70 Å². The topological polar surface area (TPSA) is 104 Å². The van der Waals surface area contributed by atoms with Crippen LogP contribution in [0.4, 0.5) is 5.69 Å².